The molecule has 0 spiro atoms. The Morgan fingerprint density at radius 1 is 1.67 bits per heavy atom. The van der Waals surface area contributed by atoms with Crippen LogP contribution < -0.4 is 5.32 Å². The highest BCUT2D eigenvalue weighted by Gasteiger charge is 2.28. The van der Waals surface area contributed by atoms with Crippen molar-refractivity contribution in [1.29, 1.82) is 5.26 Å². The van der Waals surface area contributed by atoms with Crippen molar-refractivity contribution < 1.29 is 4.74 Å². The highest BCUT2D eigenvalue weighted by Crippen LogP contribution is 2.28. The van der Waals surface area contributed by atoms with Crippen LogP contribution in [0.3, 0.4) is 0 Å². The van der Waals surface area contributed by atoms with Crippen molar-refractivity contribution in [2.24, 2.45) is 5.92 Å². The minimum absolute atomic E-state index is 0.455. The fourth-order valence-corrected chi connectivity index (χ4v) is 1.10. The molecular formula is C9H16N2O. The van der Waals surface area contributed by atoms with Crippen molar-refractivity contribution in [3.63, 3.8) is 0 Å². The molecule has 3 heteroatoms. The van der Waals surface area contributed by atoms with E-state index < -0.39 is 5.54 Å². The lowest BCUT2D eigenvalue weighted by molar-refractivity contribution is 0.145. The first-order valence-corrected chi connectivity index (χ1v) is 4.35. The summed E-state index contributed by atoms with van der Waals surface area (Å²) in [5, 5.41) is 12.1. The molecule has 12 heavy (non-hydrogen) atoms. The number of methoxy groups -OCH3 is 1. The fraction of sp³-hybridized carbons (Fsp3) is 0.889. The maximum absolute atomic E-state index is 8.86. The lowest BCUT2D eigenvalue weighted by Gasteiger charge is -2.21. The van der Waals surface area contributed by atoms with Gasteiger partial charge in [-0.1, -0.05) is 0 Å². The Morgan fingerprint density at radius 3 is 2.75 bits per heavy atom. The molecule has 1 saturated carbocycles. The number of ether oxygens (including phenoxy) is 1. The normalized spacial score (nSPS) is 21.4. The minimum atomic E-state index is -0.503. The summed E-state index contributed by atoms with van der Waals surface area (Å²) in [5.74, 6) is 0.800. The van der Waals surface area contributed by atoms with Gasteiger partial charge in [-0.05, 0) is 32.2 Å². The topological polar surface area (TPSA) is 45.0 Å². The average Bonchev–Trinajstić information content (AvgIpc) is 2.85. The molecule has 1 aliphatic rings. The zero-order valence-corrected chi connectivity index (χ0v) is 7.76. The maximum Gasteiger partial charge on any atom is 0.127 e. The number of hydrogen-bond acceptors (Lipinski definition) is 3. The Balaban J connectivity index is 2.26. The number of nitriles is 1. The second-order valence-electron chi connectivity index (χ2n) is 3.70. The predicted octanol–water partition coefficient (Wildman–Crippen LogP) is 0.915. The van der Waals surface area contributed by atoms with Crippen LogP contribution in [0.4, 0.5) is 0 Å². The quantitative estimate of drug-likeness (QED) is 0.663. The van der Waals surface area contributed by atoms with Gasteiger partial charge in [0.25, 0.3) is 0 Å². The van der Waals surface area contributed by atoms with Gasteiger partial charge < -0.3 is 4.74 Å². The molecule has 1 atom stereocenters. The SMILES string of the molecule is COCC(C)(C#N)NCC1CC1. The Bertz CT molecular complexity index is 183. The van der Waals surface area contributed by atoms with Crippen molar-refractivity contribution in [1.82, 2.24) is 5.32 Å². The van der Waals surface area contributed by atoms with Gasteiger partial charge in [0.15, 0.2) is 0 Å². The van der Waals surface area contributed by atoms with E-state index in [1.165, 1.54) is 12.8 Å². The predicted molar refractivity (Wildman–Crippen MR) is 46.6 cm³/mol. The third-order valence-electron chi connectivity index (χ3n) is 2.16. The Hall–Kier alpha value is -0.590. The van der Waals surface area contributed by atoms with Crippen LogP contribution in [0.2, 0.25) is 0 Å². The standard InChI is InChI=1S/C9H16N2O/c1-9(6-10,7-12-2)11-5-8-3-4-8/h8,11H,3-5,7H2,1-2H3. The molecule has 0 radical (unpaired) electrons. The first-order chi connectivity index (χ1) is 5.70. The van der Waals surface area contributed by atoms with Crippen LogP contribution in [-0.4, -0.2) is 25.8 Å². The monoisotopic (exact) mass is 168 g/mol. The molecule has 0 heterocycles. The van der Waals surface area contributed by atoms with Crippen molar-refractivity contribution in [2.45, 2.75) is 25.3 Å². The van der Waals surface area contributed by atoms with Crippen LogP contribution in [0, 0.1) is 17.2 Å². The molecule has 68 valence electrons. The van der Waals surface area contributed by atoms with E-state index in [2.05, 4.69) is 11.4 Å². The molecule has 1 aliphatic carbocycles. The Kier molecular flexibility index (Phi) is 3.07. The largest absolute Gasteiger partial charge is 0.382 e. The van der Waals surface area contributed by atoms with Crippen molar-refractivity contribution >= 4 is 0 Å². The van der Waals surface area contributed by atoms with Crippen LogP contribution in [0.25, 0.3) is 0 Å². The average molecular weight is 168 g/mol. The summed E-state index contributed by atoms with van der Waals surface area (Å²) in [6.45, 7) is 3.28. The van der Waals surface area contributed by atoms with Gasteiger partial charge in [0.05, 0.1) is 12.7 Å². The molecule has 3 nitrogen and oxygen atoms in total. The van der Waals surface area contributed by atoms with Crippen LogP contribution in [-0.2, 0) is 4.74 Å². The molecule has 1 N–H and O–H groups in total. The maximum atomic E-state index is 8.86. The number of nitrogens with zero attached hydrogens (tertiary/aromatic N) is 1. The zero-order valence-electron chi connectivity index (χ0n) is 7.76. The first-order valence-electron chi connectivity index (χ1n) is 4.35. The lowest BCUT2D eigenvalue weighted by Crippen LogP contribution is -2.45. The van der Waals surface area contributed by atoms with E-state index >= 15 is 0 Å². The smallest absolute Gasteiger partial charge is 0.127 e. The third-order valence-corrected chi connectivity index (χ3v) is 2.16. The fourth-order valence-electron chi connectivity index (χ4n) is 1.10. The van der Waals surface area contributed by atoms with E-state index in [1.54, 1.807) is 7.11 Å². The molecule has 0 saturated heterocycles. The Morgan fingerprint density at radius 2 is 2.33 bits per heavy atom. The van der Waals surface area contributed by atoms with E-state index in [-0.39, 0.29) is 0 Å². The molecule has 0 aliphatic heterocycles. The molecule has 0 bridgehead atoms. The summed E-state index contributed by atoms with van der Waals surface area (Å²) in [5.41, 5.74) is -0.503. The molecule has 0 amide bonds. The molecule has 1 unspecified atom stereocenters. The summed E-state index contributed by atoms with van der Waals surface area (Å²) in [7, 11) is 1.62. The van der Waals surface area contributed by atoms with E-state index in [4.69, 9.17) is 10.00 Å². The summed E-state index contributed by atoms with van der Waals surface area (Å²) in [6, 6.07) is 2.23. The van der Waals surface area contributed by atoms with Gasteiger partial charge in [-0.15, -0.1) is 0 Å². The highest BCUT2D eigenvalue weighted by atomic mass is 16.5. The summed E-state index contributed by atoms with van der Waals surface area (Å²) in [6.07, 6.45) is 2.61. The second-order valence-corrected chi connectivity index (χ2v) is 3.70. The summed E-state index contributed by atoms with van der Waals surface area (Å²) >= 11 is 0. The van der Waals surface area contributed by atoms with Crippen molar-refractivity contribution in [3.05, 3.63) is 0 Å². The van der Waals surface area contributed by atoms with E-state index in [1.807, 2.05) is 6.92 Å². The Labute approximate surface area is 73.7 Å². The molecular weight excluding hydrogens is 152 g/mol. The lowest BCUT2D eigenvalue weighted by atomic mass is 10.1. The number of rotatable bonds is 5. The van der Waals surface area contributed by atoms with Gasteiger partial charge in [-0.3, -0.25) is 5.32 Å². The number of hydrogen-bond donors (Lipinski definition) is 1. The van der Waals surface area contributed by atoms with Crippen LogP contribution in [0.5, 0.6) is 0 Å². The van der Waals surface area contributed by atoms with Gasteiger partial charge in [-0.2, -0.15) is 5.26 Å². The summed E-state index contributed by atoms with van der Waals surface area (Å²) < 4.78 is 4.97. The first kappa shape index (κ1) is 9.50. The van der Waals surface area contributed by atoms with Crippen LogP contribution in [0.15, 0.2) is 0 Å². The van der Waals surface area contributed by atoms with Gasteiger partial charge in [0.2, 0.25) is 0 Å². The van der Waals surface area contributed by atoms with Gasteiger partial charge in [-0.25, -0.2) is 0 Å². The highest BCUT2D eigenvalue weighted by molar-refractivity contribution is 5.04. The van der Waals surface area contributed by atoms with Gasteiger partial charge in [0.1, 0.15) is 5.54 Å². The molecule has 1 fully saturated rings. The molecule has 0 aromatic rings. The number of nitrogens with one attached hydrogen (secondary N) is 1. The molecule has 0 aromatic carbocycles. The van der Waals surface area contributed by atoms with Crippen LogP contribution in [0.1, 0.15) is 19.8 Å². The van der Waals surface area contributed by atoms with Gasteiger partial charge >= 0.3 is 0 Å². The third kappa shape index (κ3) is 2.80. The minimum Gasteiger partial charge on any atom is -0.382 e. The van der Waals surface area contributed by atoms with Crippen molar-refractivity contribution in [2.75, 3.05) is 20.3 Å². The molecule has 0 aromatic heterocycles. The van der Waals surface area contributed by atoms with Crippen molar-refractivity contribution in [3.8, 4) is 6.07 Å². The zero-order chi connectivity index (χ0) is 9.03. The molecule has 1 rings (SSSR count). The van der Waals surface area contributed by atoms with Gasteiger partial charge in [0, 0.05) is 7.11 Å². The van der Waals surface area contributed by atoms with E-state index in [0.717, 1.165) is 12.5 Å². The second kappa shape index (κ2) is 3.88. The van der Waals surface area contributed by atoms with Crippen LogP contribution >= 0.6 is 0 Å². The summed E-state index contributed by atoms with van der Waals surface area (Å²) in [4.78, 5) is 0. The van der Waals surface area contributed by atoms with E-state index in [0.29, 0.717) is 6.61 Å². The van der Waals surface area contributed by atoms with E-state index in [9.17, 15) is 0 Å².